The van der Waals surface area contributed by atoms with E-state index in [2.05, 4.69) is 20.1 Å². The standard InChI is InChI=1S/C37H39ClF4N8O3/c1-21-44-16-24(17-45-21)22-6-9-25(10-7-22)37(19-34(2,3)4)31(52)49(33(43)48-37)28(18-53-29(51)15-36(12-13-36)35(5,41)42)23-8-11-27(38)26(14-23)30-46-20-47-50(30)32(39)40/h6-11,14,16-17,20,28,32H,12-13,15,18-19H2,1-5H3,(H2,43,48)/t28-,37-/m1/s1. The predicted molar refractivity (Wildman–Crippen MR) is 189 cm³/mol. The number of nitrogens with zero attached hydrogens (tertiary/aromatic N) is 7. The summed E-state index contributed by atoms with van der Waals surface area (Å²) in [7, 11) is 0. The number of nitrogens with two attached hydrogens (primary N) is 1. The van der Waals surface area contributed by atoms with Crippen molar-refractivity contribution in [1.82, 2.24) is 29.6 Å². The van der Waals surface area contributed by atoms with Crippen LogP contribution in [0, 0.1) is 17.8 Å². The first-order valence-corrected chi connectivity index (χ1v) is 17.3. The minimum Gasteiger partial charge on any atom is -0.463 e. The molecule has 1 fully saturated rings. The van der Waals surface area contributed by atoms with E-state index in [-0.39, 0.29) is 47.2 Å². The van der Waals surface area contributed by atoms with Gasteiger partial charge in [-0.2, -0.15) is 18.6 Å². The molecule has 2 aliphatic rings. The van der Waals surface area contributed by atoms with Gasteiger partial charge in [0, 0.05) is 28.9 Å². The summed E-state index contributed by atoms with van der Waals surface area (Å²) in [5.74, 6) is -4.35. The monoisotopic (exact) mass is 754 g/mol. The molecular weight excluding hydrogens is 716 g/mol. The van der Waals surface area contributed by atoms with E-state index < -0.39 is 59.8 Å². The number of alkyl halides is 4. The van der Waals surface area contributed by atoms with Gasteiger partial charge in [0.25, 0.3) is 11.8 Å². The lowest BCUT2D eigenvalue weighted by Crippen LogP contribution is -2.47. The molecule has 1 aliphatic carbocycles. The van der Waals surface area contributed by atoms with Crippen LogP contribution in [-0.2, 0) is 19.9 Å². The highest BCUT2D eigenvalue weighted by Crippen LogP contribution is 2.59. The Labute approximate surface area is 308 Å². The van der Waals surface area contributed by atoms with Gasteiger partial charge in [0.2, 0.25) is 0 Å². The smallest absolute Gasteiger partial charge is 0.335 e. The SMILES string of the molecule is Cc1ncc(-c2ccc([C@@]3(CC(C)(C)C)N=C(N)N([C@H](COC(=O)CC4(C(C)(F)F)CC4)c4ccc(Cl)c(-c5ncnn5C(F)F)c4)C3=O)cc2)cn1. The number of amides is 1. The molecule has 11 nitrogen and oxygen atoms in total. The summed E-state index contributed by atoms with van der Waals surface area (Å²) in [6, 6.07) is 10.4. The lowest BCUT2D eigenvalue weighted by atomic mass is 9.75. The van der Waals surface area contributed by atoms with Gasteiger partial charge in [-0.3, -0.25) is 14.5 Å². The molecule has 2 atom stereocenters. The van der Waals surface area contributed by atoms with Gasteiger partial charge in [0.15, 0.2) is 17.3 Å². The second-order valence-electron chi connectivity index (χ2n) is 14.9. The average molecular weight is 755 g/mol. The Kier molecular flexibility index (Phi) is 9.86. The number of guanidine groups is 1. The number of carbonyl (C=O) groups is 2. The second-order valence-corrected chi connectivity index (χ2v) is 15.3. The maximum absolute atomic E-state index is 15.0. The minimum absolute atomic E-state index is 0.0516. The number of ether oxygens (including phenoxy) is 1. The van der Waals surface area contributed by atoms with Crippen LogP contribution in [0.15, 0.2) is 66.2 Å². The third-order valence-corrected chi connectivity index (χ3v) is 10.1. The highest BCUT2D eigenvalue weighted by molar-refractivity contribution is 6.33. The van der Waals surface area contributed by atoms with Crippen molar-refractivity contribution in [3.63, 3.8) is 0 Å². The van der Waals surface area contributed by atoms with Crippen LogP contribution in [0.25, 0.3) is 22.5 Å². The van der Waals surface area contributed by atoms with E-state index in [1.54, 1.807) is 31.5 Å². The fraction of sp³-hybridized carbons (Fsp3) is 0.432. The lowest BCUT2D eigenvalue weighted by Gasteiger charge is -2.35. The van der Waals surface area contributed by atoms with Gasteiger partial charge in [0.05, 0.1) is 17.5 Å². The number of aryl methyl sites for hydroxylation is 1. The van der Waals surface area contributed by atoms with Crippen molar-refractivity contribution in [2.24, 2.45) is 21.6 Å². The molecule has 3 heterocycles. The van der Waals surface area contributed by atoms with Crippen molar-refractivity contribution in [3.05, 3.63) is 83.2 Å². The summed E-state index contributed by atoms with van der Waals surface area (Å²) < 4.78 is 62.5. The quantitative estimate of drug-likeness (QED) is 0.115. The van der Waals surface area contributed by atoms with Gasteiger partial charge < -0.3 is 10.5 Å². The predicted octanol–water partition coefficient (Wildman–Crippen LogP) is 7.66. The van der Waals surface area contributed by atoms with E-state index in [9.17, 15) is 27.2 Å². The molecule has 1 amide bonds. The largest absolute Gasteiger partial charge is 0.463 e. The molecule has 2 N–H and O–H groups in total. The summed E-state index contributed by atoms with van der Waals surface area (Å²) in [6.45, 7) is 4.86. The maximum atomic E-state index is 15.0. The number of aliphatic imine (C=N–C) groups is 1. The zero-order chi connectivity index (χ0) is 38.5. The van der Waals surface area contributed by atoms with Crippen LogP contribution in [0.3, 0.4) is 0 Å². The van der Waals surface area contributed by atoms with Crippen LogP contribution < -0.4 is 5.73 Å². The van der Waals surface area contributed by atoms with E-state index >= 15 is 0 Å². The van der Waals surface area contributed by atoms with Crippen molar-refractivity contribution in [2.45, 2.75) is 84.4 Å². The van der Waals surface area contributed by atoms with Crippen molar-refractivity contribution in [1.29, 1.82) is 0 Å². The van der Waals surface area contributed by atoms with Crippen LogP contribution in [0.1, 0.15) is 82.9 Å². The summed E-state index contributed by atoms with van der Waals surface area (Å²) in [6.07, 6.45) is 4.36. The van der Waals surface area contributed by atoms with E-state index in [1.165, 1.54) is 23.1 Å². The first-order chi connectivity index (χ1) is 24.8. The molecule has 280 valence electrons. The number of halogens is 5. The zero-order valence-corrected chi connectivity index (χ0v) is 30.5. The normalized spacial score (nSPS) is 19.0. The molecule has 16 heteroatoms. The van der Waals surface area contributed by atoms with Gasteiger partial charge in [-0.1, -0.05) is 62.7 Å². The van der Waals surface area contributed by atoms with Gasteiger partial charge in [0.1, 0.15) is 18.8 Å². The molecule has 0 spiro atoms. The Morgan fingerprint density at radius 3 is 2.26 bits per heavy atom. The fourth-order valence-electron chi connectivity index (χ4n) is 6.80. The molecule has 0 unspecified atom stereocenters. The van der Waals surface area contributed by atoms with Gasteiger partial charge in [-0.25, -0.2) is 28.7 Å². The molecule has 53 heavy (non-hydrogen) atoms. The summed E-state index contributed by atoms with van der Waals surface area (Å²) in [5, 5.41) is 3.65. The van der Waals surface area contributed by atoms with E-state index in [0.29, 0.717) is 16.1 Å². The third-order valence-electron chi connectivity index (χ3n) is 9.74. The number of carbonyl (C=O) groups excluding carboxylic acids is 2. The first-order valence-electron chi connectivity index (χ1n) is 16.9. The molecule has 0 radical (unpaired) electrons. The van der Waals surface area contributed by atoms with Gasteiger partial charge in [-0.15, -0.1) is 0 Å². The summed E-state index contributed by atoms with van der Waals surface area (Å²) in [4.78, 5) is 46.6. The molecule has 2 aromatic heterocycles. The lowest BCUT2D eigenvalue weighted by molar-refractivity contribution is -0.153. The average Bonchev–Trinajstić information content (AvgIpc) is 3.63. The summed E-state index contributed by atoms with van der Waals surface area (Å²) >= 11 is 6.48. The van der Waals surface area contributed by atoms with Crippen LogP contribution in [-0.4, -0.2) is 60.0 Å². The summed E-state index contributed by atoms with van der Waals surface area (Å²) in [5.41, 5.74) is 5.57. The van der Waals surface area contributed by atoms with Crippen LogP contribution in [0.2, 0.25) is 5.02 Å². The fourth-order valence-corrected chi connectivity index (χ4v) is 7.00. The van der Waals surface area contributed by atoms with E-state index in [4.69, 9.17) is 27.1 Å². The van der Waals surface area contributed by atoms with Crippen molar-refractivity contribution < 1.29 is 31.9 Å². The number of benzene rings is 2. The number of hydrogen-bond acceptors (Lipinski definition) is 9. The molecule has 4 aromatic rings. The Hall–Kier alpha value is -4.92. The Morgan fingerprint density at radius 2 is 1.68 bits per heavy atom. The van der Waals surface area contributed by atoms with Crippen LogP contribution in [0.4, 0.5) is 17.6 Å². The Balaban J connectivity index is 1.41. The molecule has 0 bridgehead atoms. The van der Waals surface area contributed by atoms with Crippen LogP contribution in [0.5, 0.6) is 0 Å². The molecule has 1 aliphatic heterocycles. The van der Waals surface area contributed by atoms with Crippen molar-refractivity contribution >= 4 is 29.4 Å². The van der Waals surface area contributed by atoms with Crippen molar-refractivity contribution in [2.75, 3.05) is 6.61 Å². The van der Waals surface area contributed by atoms with E-state index in [0.717, 1.165) is 24.4 Å². The van der Waals surface area contributed by atoms with Crippen molar-refractivity contribution in [3.8, 4) is 22.5 Å². The number of rotatable bonds is 12. The van der Waals surface area contributed by atoms with Gasteiger partial charge in [-0.05, 0) is 67.3 Å². The van der Waals surface area contributed by atoms with E-state index in [1.807, 2.05) is 32.9 Å². The highest BCUT2D eigenvalue weighted by atomic mass is 35.5. The Morgan fingerprint density at radius 1 is 1.02 bits per heavy atom. The maximum Gasteiger partial charge on any atom is 0.335 e. The minimum atomic E-state index is -3.10. The molecule has 1 saturated carbocycles. The highest BCUT2D eigenvalue weighted by Gasteiger charge is 2.60. The van der Waals surface area contributed by atoms with Gasteiger partial charge >= 0.3 is 12.5 Å². The molecule has 2 aromatic carbocycles. The molecule has 6 rings (SSSR count). The Bertz CT molecular complexity index is 2040. The number of esters is 1. The first kappa shape index (κ1) is 37.8. The molecule has 0 saturated heterocycles. The zero-order valence-electron chi connectivity index (χ0n) is 29.8. The van der Waals surface area contributed by atoms with Crippen LogP contribution >= 0.6 is 11.6 Å². The number of aromatic nitrogens is 5. The topological polar surface area (TPSA) is 141 Å². The second kappa shape index (κ2) is 13.8. The number of hydrogen-bond donors (Lipinski definition) is 1. The molecular formula is C37H39ClF4N8O3. The third kappa shape index (κ3) is 7.48.